The van der Waals surface area contributed by atoms with E-state index in [1.807, 2.05) is 12.1 Å². The van der Waals surface area contributed by atoms with E-state index in [-0.39, 0.29) is 17.9 Å². The van der Waals surface area contributed by atoms with E-state index in [9.17, 15) is 9.59 Å². The van der Waals surface area contributed by atoms with Crippen LogP contribution in [0.4, 0.5) is 0 Å². The van der Waals surface area contributed by atoms with Gasteiger partial charge in [-0.05, 0) is 67.4 Å². The summed E-state index contributed by atoms with van der Waals surface area (Å²) in [6.45, 7) is 4.19. The molecule has 6 nitrogen and oxygen atoms in total. The molecule has 0 spiro atoms. The Morgan fingerprint density at radius 3 is 2.50 bits per heavy atom. The highest BCUT2D eigenvalue weighted by molar-refractivity contribution is 6.00. The number of benzene rings is 2. The number of rotatable bonds is 6. The first kappa shape index (κ1) is 21.2. The summed E-state index contributed by atoms with van der Waals surface area (Å²) in [5, 5.41) is 5.90. The van der Waals surface area contributed by atoms with Crippen molar-refractivity contribution in [2.75, 3.05) is 13.1 Å². The van der Waals surface area contributed by atoms with Crippen molar-refractivity contribution in [2.45, 2.75) is 57.8 Å². The van der Waals surface area contributed by atoms with Crippen molar-refractivity contribution in [3.8, 4) is 5.75 Å². The smallest absolute Gasteiger partial charge is 0.243 e. The molecule has 0 saturated carbocycles. The predicted molar refractivity (Wildman–Crippen MR) is 122 cm³/mol. The van der Waals surface area contributed by atoms with Gasteiger partial charge in [0.25, 0.3) is 0 Å². The molecule has 2 amide bonds. The summed E-state index contributed by atoms with van der Waals surface area (Å²) in [6.07, 6.45) is 4.67. The van der Waals surface area contributed by atoms with Crippen LogP contribution in [0.2, 0.25) is 0 Å². The van der Waals surface area contributed by atoms with Gasteiger partial charge in [0.1, 0.15) is 12.4 Å². The summed E-state index contributed by atoms with van der Waals surface area (Å²) < 4.78 is 6.21. The van der Waals surface area contributed by atoms with Gasteiger partial charge >= 0.3 is 0 Å². The standard InChI is InChI=1S/C26H31N3O3/c30-25-9-8-23(26(31)28-25)29-15-21-2-1-3-24(22(21)16-29)32-17-20-6-4-18(5-7-20)14-19-10-12-27-13-11-19/h1-7,19,23,27H,8-17H2,(H,28,30,31). The molecular formula is C26H31N3O3. The lowest BCUT2D eigenvalue weighted by Crippen LogP contribution is -2.50. The Balaban J connectivity index is 1.19. The van der Waals surface area contributed by atoms with Crippen LogP contribution in [0.3, 0.4) is 0 Å². The molecule has 0 bridgehead atoms. The van der Waals surface area contributed by atoms with Crippen molar-refractivity contribution in [2.24, 2.45) is 5.92 Å². The molecule has 0 aliphatic carbocycles. The highest BCUT2D eigenvalue weighted by atomic mass is 16.5. The Morgan fingerprint density at radius 2 is 1.72 bits per heavy atom. The van der Waals surface area contributed by atoms with Gasteiger partial charge in [-0.2, -0.15) is 0 Å². The average Bonchev–Trinajstić information content (AvgIpc) is 3.24. The molecule has 3 aliphatic rings. The zero-order valence-corrected chi connectivity index (χ0v) is 18.4. The maximum atomic E-state index is 12.3. The van der Waals surface area contributed by atoms with Crippen molar-refractivity contribution in [3.05, 3.63) is 64.7 Å². The van der Waals surface area contributed by atoms with Crippen LogP contribution in [0.5, 0.6) is 5.75 Å². The summed E-state index contributed by atoms with van der Waals surface area (Å²) in [6, 6.07) is 14.7. The molecule has 6 heteroatoms. The molecule has 2 fully saturated rings. The molecule has 3 heterocycles. The summed E-state index contributed by atoms with van der Waals surface area (Å²) in [5.74, 6) is 1.32. The molecule has 32 heavy (non-hydrogen) atoms. The van der Waals surface area contributed by atoms with Gasteiger partial charge in [0.05, 0.1) is 6.04 Å². The van der Waals surface area contributed by atoms with Crippen LogP contribution < -0.4 is 15.4 Å². The molecule has 2 aromatic carbocycles. The van der Waals surface area contributed by atoms with E-state index < -0.39 is 0 Å². The third-order valence-corrected chi connectivity index (χ3v) is 7.02. The summed E-state index contributed by atoms with van der Waals surface area (Å²) in [4.78, 5) is 25.9. The Labute approximate surface area is 189 Å². The van der Waals surface area contributed by atoms with E-state index in [1.54, 1.807) is 0 Å². The van der Waals surface area contributed by atoms with Crippen LogP contribution in [-0.4, -0.2) is 35.8 Å². The molecule has 1 unspecified atom stereocenters. The second-order valence-electron chi connectivity index (χ2n) is 9.27. The van der Waals surface area contributed by atoms with E-state index in [0.29, 0.717) is 32.5 Å². The largest absolute Gasteiger partial charge is 0.489 e. The minimum Gasteiger partial charge on any atom is -0.489 e. The fourth-order valence-corrected chi connectivity index (χ4v) is 5.15. The number of nitrogens with zero attached hydrogens (tertiary/aromatic N) is 1. The van der Waals surface area contributed by atoms with E-state index in [1.165, 1.54) is 24.0 Å². The lowest BCUT2D eigenvalue weighted by molar-refractivity contribution is -0.137. The van der Waals surface area contributed by atoms with Crippen LogP contribution in [0.1, 0.15) is 47.9 Å². The lowest BCUT2D eigenvalue weighted by atomic mass is 9.91. The van der Waals surface area contributed by atoms with Crippen molar-refractivity contribution in [3.63, 3.8) is 0 Å². The Hall–Kier alpha value is -2.70. The van der Waals surface area contributed by atoms with E-state index in [4.69, 9.17) is 4.74 Å². The van der Waals surface area contributed by atoms with Crippen molar-refractivity contribution in [1.29, 1.82) is 0 Å². The molecule has 2 N–H and O–H groups in total. The number of nitrogens with one attached hydrogen (secondary N) is 2. The minimum absolute atomic E-state index is 0.172. The fraction of sp³-hybridized carbons (Fsp3) is 0.462. The van der Waals surface area contributed by atoms with Gasteiger partial charge in [-0.3, -0.25) is 19.8 Å². The number of imide groups is 1. The van der Waals surface area contributed by atoms with Gasteiger partial charge in [0.15, 0.2) is 0 Å². The van der Waals surface area contributed by atoms with E-state index >= 15 is 0 Å². The maximum absolute atomic E-state index is 12.3. The van der Waals surface area contributed by atoms with Crippen LogP contribution in [-0.2, 0) is 35.7 Å². The van der Waals surface area contributed by atoms with Crippen molar-refractivity contribution in [1.82, 2.24) is 15.5 Å². The third kappa shape index (κ3) is 4.71. The van der Waals surface area contributed by atoms with Crippen LogP contribution >= 0.6 is 0 Å². The van der Waals surface area contributed by atoms with Crippen LogP contribution in [0.15, 0.2) is 42.5 Å². The molecule has 0 radical (unpaired) electrons. The van der Waals surface area contributed by atoms with Crippen molar-refractivity contribution >= 4 is 11.8 Å². The molecule has 2 saturated heterocycles. The highest BCUT2D eigenvalue weighted by Gasteiger charge is 2.35. The summed E-state index contributed by atoms with van der Waals surface area (Å²) >= 11 is 0. The molecule has 1 atom stereocenters. The van der Waals surface area contributed by atoms with Gasteiger partial charge in [-0.1, -0.05) is 36.4 Å². The van der Waals surface area contributed by atoms with E-state index in [0.717, 1.165) is 42.3 Å². The highest BCUT2D eigenvalue weighted by Crippen LogP contribution is 2.34. The SMILES string of the molecule is O=C1CCC(N2Cc3cccc(OCc4ccc(CC5CCNCC5)cc4)c3C2)C(=O)N1. The zero-order chi connectivity index (χ0) is 21.9. The van der Waals surface area contributed by atoms with Gasteiger partial charge in [0.2, 0.25) is 11.8 Å². The van der Waals surface area contributed by atoms with E-state index in [2.05, 4.69) is 45.9 Å². The van der Waals surface area contributed by atoms with Gasteiger partial charge in [-0.15, -0.1) is 0 Å². The quantitative estimate of drug-likeness (QED) is 0.686. The lowest BCUT2D eigenvalue weighted by Gasteiger charge is -2.29. The monoisotopic (exact) mass is 433 g/mol. The predicted octanol–water partition coefficient (Wildman–Crippen LogP) is 2.93. The number of ether oxygens (including phenoxy) is 1. The number of amides is 2. The molecule has 2 aromatic rings. The summed E-state index contributed by atoms with van der Waals surface area (Å²) in [5.41, 5.74) is 4.92. The Bertz CT molecular complexity index is 982. The average molecular weight is 434 g/mol. The first-order valence-corrected chi connectivity index (χ1v) is 11.8. The Kier molecular flexibility index (Phi) is 6.23. The minimum atomic E-state index is -0.250. The second-order valence-corrected chi connectivity index (χ2v) is 9.27. The Morgan fingerprint density at radius 1 is 0.938 bits per heavy atom. The molecule has 0 aromatic heterocycles. The fourth-order valence-electron chi connectivity index (χ4n) is 5.15. The maximum Gasteiger partial charge on any atom is 0.243 e. The normalized spacial score (nSPS) is 21.9. The first-order chi connectivity index (χ1) is 15.7. The molecule has 5 rings (SSSR count). The number of fused-ring (bicyclic) bond motifs is 1. The molecular weight excluding hydrogens is 402 g/mol. The number of carbonyl (C=O) groups is 2. The van der Waals surface area contributed by atoms with Crippen molar-refractivity contribution < 1.29 is 14.3 Å². The number of carbonyl (C=O) groups excluding carboxylic acids is 2. The molecule has 168 valence electrons. The topological polar surface area (TPSA) is 70.7 Å². The first-order valence-electron chi connectivity index (χ1n) is 11.8. The number of hydrogen-bond acceptors (Lipinski definition) is 5. The van der Waals surface area contributed by atoms with Crippen LogP contribution in [0, 0.1) is 5.92 Å². The molecule has 3 aliphatic heterocycles. The summed E-state index contributed by atoms with van der Waals surface area (Å²) in [7, 11) is 0. The third-order valence-electron chi connectivity index (χ3n) is 7.02. The number of piperidine rings is 2. The zero-order valence-electron chi connectivity index (χ0n) is 18.4. The van der Waals surface area contributed by atoms with Gasteiger partial charge < -0.3 is 10.1 Å². The number of hydrogen-bond donors (Lipinski definition) is 2. The van der Waals surface area contributed by atoms with Gasteiger partial charge in [-0.25, -0.2) is 0 Å². The second kappa shape index (κ2) is 9.43. The van der Waals surface area contributed by atoms with Crippen LogP contribution in [0.25, 0.3) is 0 Å². The van der Waals surface area contributed by atoms with Gasteiger partial charge in [0, 0.05) is 25.1 Å².